The van der Waals surface area contributed by atoms with Crippen molar-refractivity contribution in [3.8, 4) is 11.3 Å². The molecule has 0 aliphatic carbocycles. The van der Waals surface area contributed by atoms with Gasteiger partial charge in [0.2, 0.25) is 5.91 Å². The van der Waals surface area contributed by atoms with E-state index in [-0.39, 0.29) is 11.8 Å². The number of fused-ring (bicyclic) bond motifs is 1. The number of aromatic nitrogens is 3. The molecule has 7 heteroatoms. The van der Waals surface area contributed by atoms with E-state index in [1.54, 1.807) is 6.20 Å². The topological polar surface area (TPSA) is 62.5 Å². The molecule has 158 valence electrons. The van der Waals surface area contributed by atoms with Crippen LogP contribution in [0, 0.1) is 11.8 Å². The molecule has 3 aromatic rings. The van der Waals surface area contributed by atoms with Crippen LogP contribution in [0.3, 0.4) is 0 Å². The van der Waals surface area contributed by atoms with Gasteiger partial charge in [-0.3, -0.25) is 4.79 Å². The number of rotatable bonds is 6. The van der Waals surface area contributed by atoms with Gasteiger partial charge < -0.3 is 10.2 Å². The van der Waals surface area contributed by atoms with Crippen molar-refractivity contribution in [3.05, 3.63) is 47.7 Å². The largest absolute Gasteiger partial charge is 0.356 e. The van der Waals surface area contributed by atoms with E-state index in [2.05, 4.69) is 29.0 Å². The van der Waals surface area contributed by atoms with Crippen LogP contribution in [0.5, 0.6) is 0 Å². The summed E-state index contributed by atoms with van der Waals surface area (Å²) in [5.74, 6) is 1.59. The van der Waals surface area contributed by atoms with Gasteiger partial charge in [-0.15, -0.1) is 0 Å². The Kier molecular flexibility index (Phi) is 6.23. The molecule has 1 amide bonds. The first-order valence-corrected chi connectivity index (χ1v) is 11.0. The van der Waals surface area contributed by atoms with Gasteiger partial charge in [-0.05, 0) is 37.3 Å². The molecule has 1 atom stereocenters. The van der Waals surface area contributed by atoms with Crippen LogP contribution in [0.1, 0.15) is 33.1 Å². The van der Waals surface area contributed by atoms with Gasteiger partial charge in [0.25, 0.3) is 0 Å². The predicted molar refractivity (Wildman–Crippen MR) is 121 cm³/mol. The molecule has 1 fully saturated rings. The van der Waals surface area contributed by atoms with Gasteiger partial charge in [0, 0.05) is 37.6 Å². The van der Waals surface area contributed by atoms with Crippen LogP contribution in [0.25, 0.3) is 16.8 Å². The van der Waals surface area contributed by atoms with Crippen molar-refractivity contribution in [2.75, 3.05) is 24.5 Å². The molecule has 1 unspecified atom stereocenters. The summed E-state index contributed by atoms with van der Waals surface area (Å²) in [6.45, 7) is 6.64. The average Bonchev–Trinajstić information content (AvgIpc) is 3.18. The lowest BCUT2D eigenvalue weighted by Crippen LogP contribution is -2.43. The lowest BCUT2D eigenvalue weighted by Gasteiger charge is -2.33. The van der Waals surface area contributed by atoms with E-state index in [1.807, 2.05) is 41.0 Å². The predicted octanol–water partition coefficient (Wildman–Crippen LogP) is 4.43. The SMILES string of the molecule is CC(C)CCNC(=O)C1CCCN(c2nccn3nc(-c4ccccc4Cl)cc23)C1. The molecule has 0 spiro atoms. The maximum absolute atomic E-state index is 12.7. The van der Waals surface area contributed by atoms with E-state index in [0.717, 1.165) is 54.9 Å². The molecule has 1 N–H and O–H groups in total. The minimum absolute atomic E-state index is 0.0149. The van der Waals surface area contributed by atoms with Gasteiger partial charge in [0.05, 0.1) is 16.6 Å². The summed E-state index contributed by atoms with van der Waals surface area (Å²) in [7, 11) is 0. The maximum atomic E-state index is 12.7. The molecule has 6 nitrogen and oxygen atoms in total. The second-order valence-electron chi connectivity index (χ2n) is 8.35. The molecule has 2 aromatic heterocycles. The molecule has 1 saturated heterocycles. The van der Waals surface area contributed by atoms with Crippen LogP contribution in [0.15, 0.2) is 42.7 Å². The van der Waals surface area contributed by atoms with Crippen molar-refractivity contribution < 1.29 is 4.79 Å². The van der Waals surface area contributed by atoms with Gasteiger partial charge in [-0.2, -0.15) is 5.10 Å². The summed E-state index contributed by atoms with van der Waals surface area (Å²) in [6.07, 6.45) is 6.49. The van der Waals surface area contributed by atoms with Crippen LogP contribution in [-0.4, -0.2) is 40.1 Å². The van der Waals surface area contributed by atoms with Crippen molar-refractivity contribution in [1.82, 2.24) is 19.9 Å². The molecule has 1 aliphatic rings. The van der Waals surface area contributed by atoms with Gasteiger partial charge in [-0.1, -0.05) is 43.6 Å². The lowest BCUT2D eigenvalue weighted by atomic mass is 9.97. The Morgan fingerprint density at radius 1 is 1.33 bits per heavy atom. The number of carbonyl (C=O) groups excluding carboxylic acids is 1. The van der Waals surface area contributed by atoms with Crippen molar-refractivity contribution in [1.29, 1.82) is 0 Å². The first-order chi connectivity index (χ1) is 14.5. The third-order valence-electron chi connectivity index (χ3n) is 5.63. The number of amides is 1. The van der Waals surface area contributed by atoms with Crippen LogP contribution in [0.2, 0.25) is 5.02 Å². The zero-order valence-corrected chi connectivity index (χ0v) is 18.3. The van der Waals surface area contributed by atoms with Crippen LogP contribution in [-0.2, 0) is 4.79 Å². The fourth-order valence-corrected chi connectivity index (χ4v) is 4.20. The summed E-state index contributed by atoms with van der Waals surface area (Å²) in [5, 5.41) is 8.48. The first-order valence-electron chi connectivity index (χ1n) is 10.6. The Morgan fingerprint density at radius 2 is 2.17 bits per heavy atom. The van der Waals surface area contributed by atoms with E-state index in [0.29, 0.717) is 17.5 Å². The van der Waals surface area contributed by atoms with E-state index >= 15 is 0 Å². The van der Waals surface area contributed by atoms with Gasteiger partial charge >= 0.3 is 0 Å². The minimum Gasteiger partial charge on any atom is -0.356 e. The summed E-state index contributed by atoms with van der Waals surface area (Å²) in [4.78, 5) is 19.5. The number of nitrogens with one attached hydrogen (secondary N) is 1. The summed E-state index contributed by atoms with van der Waals surface area (Å²) in [5.41, 5.74) is 2.64. The quantitative estimate of drug-likeness (QED) is 0.634. The molecule has 0 saturated carbocycles. The fourth-order valence-electron chi connectivity index (χ4n) is 3.96. The van der Waals surface area contributed by atoms with E-state index in [9.17, 15) is 4.79 Å². The van der Waals surface area contributed by atoms with Gasteiger partial charge in [-0.25, -0.2) is 9.50 Å². The molecule has 30 heavy (non-hydrogen) atoms. The molecule has 0 radical (unpaired) electrons. The first kappa shape index (κ1) is 20.7. The summed E-state index contributed by atoms with van der Waals surface area (Å²) < 4.78 is 1.84. The zero-order chi connectivity index (χ0) is 21.1. The number of benzene rings is 1. The normalized spacial score (nSPS) is 16.9. The summed E-state index contributed by atoms with van der Waals surface area (Å²) in [6, 6.07) is 9.73. The Balaban J connectivity index is 1.55. The van der Waals surface area contributed by atoms with Crippen molar-refractivity contribution in [2.24, 2.45) is 11.8 Å². The van der Waals surface area contributed by atoms with Crippen molar-refractivity contribution in [3.63, 3.8) is 0 Å². The third-order valence-corrected chi connectivity index (χ3v) is 5.96. The number of hydrogen-bond donors (Lipinski definition) is 1. The number of anilines is 1. The van der Waals surface area contributed by atoms with Gasteiger partial charge in [0.15, 0.2) is 5.82 Å². The third kappa shape index (κ3) is 4.43. The van der Waals surface area contributed by atoms with E-state index < -0.39 is 0 Å². The minimum atomic E-state index is -0.0149. The standard InChI is InChI=1S/C23H28ClN5O/c1-16(2)9-10-26-23(30)17-6-5-12-28(15-17)22-21-14-20(27-29(21)13-11-25-22)18-7-3-4-8-19(18)24/h3-4,7-8,11,13-14,16-17H,5-6,9-10,12,15H2,1-2H3,(H,26,30). The second kappa shape index (κ2) is 9.04. The smallest absolute Gasteiger partial charge is 0.224 e. The highest BCUT2D eigenvalue weighted by Gasteiger charge is 2.27. The Hall–Kier alpha value is -2.60. The lowest BCUT2D eigenvalue weighted by molar-refractivity contribution is -0.125. The average molecular weight is 426 g/mol. The van der Waals surface area contributed by atoms with E-state index in [4.69, 9.17) is 16.7 Å². The second-order valence-corrected chi connectivity index (χ2v) is 8.76. The molecule has 1 aromatic carbocycles. The number of piperidine rings is 1. The van der Waals surface area contributed by atoms with Crippen molar-refractivity contribution in [2.45, 2.75) is 33.1 Å². The number of halogens is 1. The fraction of sp³-hybridized carbons (Fsp3) is 0.435. The molecule has 4 rings (SSSR count). The van der Waals surface area contributed by atoms with E-state index in [1.165, 1.54) is 0 Å². The Morgan fingerprint density at radius 3 is 2.97 bits per heavy atom. The monoisotopic (exact) mass is 425 g/mol. The molecular weight excluding hydrogens is 398 g/mol. The molecule has 1 aliphatic heterocycles. The van der Waals surface area contributed by atoms with Crippen LogP contribution >= 0.6 is 11.6 Å². The molecule has 3 heterocycles. The zero-order valence-electron chi connectivity index (χ0n) is 17.5. The van der Waals surface area contributed by atoms with Crippen LogP contribution in [0.4, 0.5) is 5.82 Å². The van der Waals surface area contributed by atoms with Gasteiger partial charge in [0.1, 0.15) is 5.52 Å². The van der Waals surface area contributed by atoms with Crippen LogP contribution < -0.4 is 10.2 Å². The Labute approximate surface area is 182 Å². The summed E-state index contributed by atoms with van der Waals surface area (Å²) >= 11 is 6.37. The van der Waals surface area contributed by atoms with Crippen molar-refractivity contribution >= 4 is 28.8 Å². The molecule has 0 bridgehead atoms. The molecular formula is C23H28ClN5O. The highest BCUT2D eigenvalue weighted by Crippen LogP contribution is 2.31. The highest BCUT2D eigenvalue weighted by atomic mass is 35.5. The number of carbonyl (C=O) groups is 1. The number of hydrogen-bond acceptors (Lipinski definition) is 4. The number of nitrogens with zero attached hydrogens (tertiary/aromatic N) is 4. The maximum Gasteiger partial charge on any atom is 0.224 e. The highest BCUT2D eigenvalue weighted by molar-refractivity contribution is 6.33. The Bertz CT molecular complexity index is 1030.